The van der Waals surface area contributed by atoms with E-state index in [2.05, 4.69) is 10.5 Å². The number of anilines is 1. The average Bonchev–Trinajstić information content (AvgIpc) is 2.98. The number of esters is 1. The second-order valence-corrected chi connectivity index (χ2v) is 5.75. The molecule has 0 aliphatic carbocycles. The summed E-state index contributed by atoms with van der Waals surface area (Å²) in [5.41, 5.74) is 1.68. The molecular formula is C18H23N3O4. The summed E-state index contributed by atoms with van der Waals surface area (Å²) in [6, 6.07) is 10.7. The second-order valence-electron chi connectivity index (χ2n) is 5.75. The standard InChI is InChI=1S/C18H23N3O4/c1-4-24-18(23)15(11-14-8-6-5-7-9-14)21(3)12-16(22)19-17-10-13(2)20-25-17/h5-10,15H,4,11-12H2,1-3H3,(H,19,22). The van der Waals surface area contributed by atoms with E-state index in [9.17, 15) is 9.59 Å². The summed E-state index contributed by atoms with van der Waals surface area (Å²) in [5, 5.41) is 6.34. The highest BCUT2D eigenvalue weighted by atomic mass is 16.5. The van der Waals surface area contributed by atoms with Crippen LogP contribution < -0.4 is 5.32 Å². The van der Waals surface area contributed by atoms with Gasteiger partial charge in [0.25, 0.3) is 0 Å². The smallest absolute Gasteiger partial charge is 0.323 e. The van der Waals surface area contributed by atoms with Crippen molar-refractivity contribution in [3.8, 4) is 0 Å². The van der Waals surface area contributed by atoms with E-state index in [1.807, 2.05) is 30.3 Å². The van der Waals surface area contributed by atoms with Gasteiger partial charge in [0, 0.05) is 6.07 Å². The first kappa shape index (κ1) is 18.7. The van der Waals surface area contributed by atoms with Crippen LogP contribution in [0.4, 0.5) is 5.88 Å². The van der Waals surface area contributed by atoms with Crippen LogP contribution in [0.5, 0.6) is 0 Å². The molecule has 1 aromatic heterocycles. The normalized spacial score (nSPS) is 12.0. The first-order chi connectivity index (χ1) is 12.0. The van der Waals surface area contributed by atoms with Gasteiger partial charge < -0.3 is 9.26 Å². The van der Waals surface area contributed by atoms with Gasteiger partial charge in [-0.15, -0.1) is 0 Å². The lowest BCUT2D eigenvalue weighted by molar-refractivity contribution is -0.149. The quantitative estimate of drug-likeness (QED) is 0.737. The van der Waals surface area contributed by atoms with E-state index < -0.39 is 6.04 Å². The number of nitrogens with zero attached hydrogens (tertiary/aromatic N) is 2. The number of benzene rings is 1. The summed E-state index contributed by atoms with van der Waals surface area (Å²) in [5.74, 6) is -0.357. The van der Waals surface area contributed by atoms with E-state index in [1.165, 1.54) is 0 Å². The molecule has 1 atom stereocenters. The number of amides is 1. The van der Waals surface area contributed by atoms with Gasteiger partial charge in [0.2, 0.25) is 11.8 Å². The van der Waals surface area contributed by atoms with Crippen LogP contribution in [0.1, 0.15) is 18.2 Å². The van der Waals surface area contributed by atoms with E-state index >= 15 is 0 Å². The van der Waals surface area contributed by atoms with Gasteiger partial charge >= 0.3 is 5.97 Å². The minimum Gasteiger partial charge on any atom is -0.465 e. The SMILES string of the molecule is CCOC(=O)C(Cc1ccccc1)N(C)CC(=O)Nc1cc(C)no1. The van der Waals surface area contributed by atoms with Crippen LogP contribution in [-0.2, 0) is 20.7 Å². The van der Waals surface area contributed by atoms with Crippen molar-refractivity contribution < 1.29 is 18.8 Å². The molecule has 1 heterocycles. The number of nitrogens with one attached hydrogen (secondary N) is 1. The Kier molecular flexibility index (Phi) is 6.71. The summed E-state index contributed by atoms with van der Waals surface area (Å²) >= 11 is 0. The molecule has 0 radical (unpaired) electrons. The lowest BCUT2D eigenvalue weighted by atomic mass is 10.0. The molecule has 2 aromatic rings. The van der Waals surface area contributed by atoms with Gasteiger partial charge in [-0.1, -0.05) is 35.5 Å². The fourth-order valence-electron chi connectivity index (χ4n) is 2.43. The molecule has 7 heteroatoms. The zero-order valence-electron chi connectivity index (χ0n) is 14.7. The van der Waals surface area contributed by atoms with Crippen molar-refractivity contribution in [2.75, 3.05) is 25.5 Å². The summed E-state index contributed by atoms with van der Waals surface area (Å²) in [6.45, 7) is 3.84. The molecule has 25 heavy (non-hydrogen) atoms. The highest BCUT2D eigenvalue weighted by molar-refractivity contribution is 5.91. The van der Waals surface area contributed by atoms with Crippen LogP contribution >= 0.6 is 0 Å². The summed E-state index contributed by atoms with van der Waals surface area (Å²) in [4.78, 5) is 26.2. The number of carbonyl (C=O) groups is 2. The van der Waals surface area contributed by atoms with Crippen molar-refractivity contribution in [1.29, 1.82) is 0 Å². The van der Waals surface area contributed by atoms with Crippen molar-refractivity contribution >= 4 is 17.8 Å². The molecule has 0 saturated carbocycles. The van der Waals surface area contributed by atoms with Gasteiger partial charge in [-0.05, 0) is 32.9 Å². The lowest BCUT2D eigenvalue weighted by Crippen LogP contribution is -2.44. The maximum atomic E-state index is 12.3. The molecule has 2 rings (SSSR count). The summed E-state index contributed by atoms with van der Waals surface area (Å²) < 4.78 is 10.1. The molecule has 134 valence electrons. The molecular weight excluding hydrogens is 322 g/mol. The molecule has 1 unspecified atom stereocenters. The van der Waals surface area contributed by atoms with Gasteiger partial charge in [-0.25, -0.2) is 0 Å². The molecule has 1 N–H and O–H groups in total. The van der Waals surface area contributed by atoms with Crippen molar-refractivity contribution in [3.05, 3.63) is 47.7 Å². The van der Waals surface area contributed by atoms with E-state index in [0.717, 1.165) is 5.56 Å². The minimum atomic E-state index is -0.551. The number of carbonyl (C=O) groups excluding carboxylic acids is 2. The van der Waals surface area contributed by atoms with Gasteiger partial charge in [0.1, 0.15) is 6.04 Å². The van der Waals surface area contributed by atoms with Crippen molar-refractivity contribution in [3.63, 3.8) is 0 Å². The topological polar surface area (TPSA) is 84.7 Å². The van der Waals surface area contributed by atoms with Crippen LogP contribution in [0.2, 0.25) is 0 Å². The monoisotopic (exact) mass is 345 g/mol. The van der Waals surface area contributed by atoms with E-state index in [4.69, 9.17) is 9.26 Å². The largest absolute Gasteiger partial charge is 0.465 e. The van der Waals surface area contributed by atoms with Crippen molar-refractivity contribution in [2.24, 2.45) is 0 Å². The number of aromatic nitrogens is 1. The first-order valence-corrected chi connectivity index (χ1v) is 8.13. The fraction of sp³-hybridized carbons (Fsp3) is 0.389. The van der Waals surface area contributed by atoms with Crippen LogP contribution in [-0.4, -0.2) is 48.2 Å². The number of aryl methyl sites for hydroxylation is 1. The highest BCUT2D eigenvalue weighted by Gasteiger charge is 2.26. The Hall–Kier alpha value is -2.67. The Labute approximate surface area is 146 Å². The number of ether oxygens (including phenoxy) is 1. The number of hydrogen-bond donors (Lipinski definition) is 1. The van der Waals surface area contributed by atoms with Crippen molar-refractivity contribution in [2.45, 2.75) is 26.3 Å². The highest BCUT2D eigenvalue weighted by Crippen LogP contribution is 2.11. The van der Waals surface area contributed by atoms with Gasteiger partial charge in [0.05, 0.1) is 18.8 Å². The predicted octanol–water partition coefficient (Wildman–Crippen LogP) is 2.03. The average molecular weight is 345 g/mol. The number of rotatable bonds is 8. The van der Waals surface area contributed by atoms with Gasteiger partial charge in [-0.3, -0.25) is 19.8 Å². The third-order valence-corrected chi connectivity index (χ3v) is 3.65. The van der Waals surface area contributed by atoms with Crippen LogP contribution in [0, 0.1) is 6.92 Å². The predicted molar refractivity (Wildman–Crippen MR) is 93.1 cm³/mol. The zero-order valence-corrected chi connectivity index (χ0v) is 14.7. The molecule has 0 saturated heterocycles. The molecule has 0 aliphatic heterocycles. The first-order valence-electron chi connectivity index (χ1n) is 8.13. The molecule has 1 amide bonds. The summed E-state index contributed by atoms with van der Waals surface area (Å²) in [7, 11) is 1.72. The lowest BCUT2D eigenvalue weighted by Gasteiger charge is -2.25. The fourth-order valence-corrected chi connectivity index (χ4v) is 2.43. The third-order valence-electron chi connectivity index (χ3n) is 3.65. The Morgan fingerprint density at radius 2 is 2.04 bits per heavy atom. The van der Waals surface area contributed by atoms with Crippen molar-refractivity contribution in [1.82, 2.24) is 10.1 Å². The number of hydrogen-bond acceptors (Lipinski definition) is 6. The van der Waals surface area contributed by atoms with Gasteiger partial charge in [-0.2, -0.15) is 0 Å². The Morgan fingerprint density at radius 1 is 1.32 bits per heavy atom. The molecule has 0 fully saturated rings. The van der Waals surface area contributed by atoms with Gasteiger partial charge in [0.15, 0.2) is 0 Å². The van der Waals surface area contributed by atoms with Crippen LogP contribution in [0.3, 0.4) is 0 Å². The third kappa shape index (κ3) is 5.72. The van der Waals surface area contributed by atoms with E-state index in [1.54, 1.807) is 31.9 Å². The Morgan fingerprint density at radius 3 is 2.64 bits per heavy atom. The van der Waals surface area contributed by atoms with E-state index in [0.29, 0.717) is 18.7 Å². The minimum absolute atomic E-state index is 0.0239. The molecule has 7 nitrogen and oxygen atoms in total. The molecule has 0 spiro atoms. The maximum Gasteiger partial charge on any atom is 0.323 e. The molecule has 1 aromatic carbocycles. The second kappa shape index (κ2) is 8.98. The molecule has 0 bridgehead atoms. The summed E-state index contributed by atoms with van der Waals surface area (Å²) in [6.07, 6.45) is 0.463. The Bertz CT molecular complexity index is 699. The maximum absolute atomic E-state index is 12.3. The van der Waals surface area contributed by atoms with Crippen LogP contribution in [0.15, 0.2) is 40.9 Å². The van der Waals surface area contributed by atoms with Crippen LogP contribution in [0.25, 0.3) is 0 Å². The van der Waals surface area contributed by atoms with E-state index in [-0.39, 0.29) is 24.3 Å². The number of likely N-dealkylation sites (N-methyl/N-ethyl adjacent to an activating group) is 1. The molecule has 0 aliphatic rings. The zero-order chi connectivity index (χ0) is 18.2. The Balaban J connectivity index is 2.02.